The van der Waals surface area contributed by atoms with Gasteiger partial charge in [-0.2, -0.15) is 0 Å². The summed E-state index contributed by atoms with van der Waals surface area (Å²) in [5, 5.41) is 2.10. The van der Waals surface area contributed by atoms with Gasteiger partial charge in [0.15, 0.2) is 0 Å². The molecule has 0 amide bonds. The predicted octanol–water partition coefficient (Wildman–Crippen LogP) is 2.93. The van der Waals surface area contributed by atoms with Crippen LogP contribution >= 0.6 is 22.9 Å². The van der Waals surface area contributed by atoms with Crippen molar-refractivity contribution >= 4 is 22.9 Å². The fourth-order valence-electron chi connectivity index (χ4n) is 1.06. The quantitative estimate of drug-likeness (QED) is 0.804. The van der Waals surface area contributed by atoms with Crippen molar-refractivity contribution in [3.8, 4) is 0 Å². The molecule has 3 heteroatoms. The van der Waals surface area contributed by atoms with Crippen molar-refractivity contribution in [2.24, 2.45) is 11.1 Å². The minimum Gasteiger partial charge on any atom is -0.330 e. The standard InChI is InChI=1S/C9H14ClNS/c1-9(2,6-11)4-7-3-8(10)12-5-7/h3,5H,4,6,11H2,1-2H3. The monoisotopic (exact) mass is 203 g/mol. The van der Waals surface area contributed by atoms with Crippen LogP contribution in [-0.2, 0) is 6.42 Å². The van der Waals surface area contributed by atoms with Crippen molar-refractivity contribution in [1.82, 2.24) is 0 Å². The molecule has 0 fully saturated rings. The number of halogens is 1. The summed E-state index contributed by atoms with van der Waals surface area (Å²) < 4.78 is 0.859. The smallest absolute Gasteiger partial charge is 0.0931 e. The summed E-state index contributed by atoms with van der Waals surface area (Å²) in [6.07, 6.45) is 1.01. The molecule has 0 unspecified atom stereocenters. The average molecular weight is 204 g/mol. The zero-order valence-corrected chi connectivity index (χ0v) is 9.00. The van der Waals surface area contributed by atoms with Gasteiger partial charge in [0.2, 0.25) is 0 Å². The van der Waals surface area contributed by atoms with E-state index >= 15 is 0 Å². The minimum absolute atomic E-state index is 0.185. The van der Waals surface area contributed by atoms with Gasteiger partial charge in [-0.1, -0.05) is 25.4 Å². The number of thiophene rings is 1. The highest BCUT2D eigenvalue weighted by molar-refractivity contribution is 7.14. The van der Waals surface area contributed by atoms with Crippen molar-refractivity contribution < 1.29 is 0 Å². The molecule has 0 aliphatic rings. The van der Waals surface area contributed by atoms with Crippen molar-refractivity contribution in [3.63, 3.8) is 0 Å². The highest BCUT2D eigenvalue weighted by Gasteiger charge is 2.16. The summed E-state index contributed by atoms with van der Waals surface area (Å²) in [6.45, 7) is 5.04. The maximum absolute atomic E-state index is 5.82. The first kappa shape index (κ1) is 10.0. The molecule has 1 aromatic rings. The van der Waals surface area contributed by atoms with E-state index in [1.807, 2.05) is 6.07 Å². The summed E-state index contributed by atoms with van der Waals surface area (Å²) in [5.41, 5.74) is 7.11. The highest BCUT2D eigenvalue weighted by atomic mass is 35.5. The van der Waals surface area contributed by atoms with E-state index in [-0.39, 0.29) is 5.41 Å². The molecule has 68 valence electrons. The summed E-state index contributed by atoms with van der Waals surface area (Å²) in [4.78, 5) is 0. The number of hydrogen-bond donors (Lipinski definition) is 1. The lowest BCUT2D eigenvalue weighted by Gasteiger charge is -2.21. The van der Waals surface area contributed by atoms with Gasteiger partial charge in [-0.3, -0.25) is 0 Å². The third-order valence-corrected chi connectivity index (χ3v) is 3.00. The van der Waals surface area contributed by atoms with Crippen LogP contribution in [0.3, 0.4) is 0 Å². The van der Waals surface area contributed by atoms with Crippen LogP contribution in [0.25, 0.3) is 0 Å². The van der Waals surface area contributed by atoms with Crippen LogP contribution in [0.4, 0.5) is 0 Å². The molecule has 1 nitrogen and oxygen atoms in total. The topological polar surface area (TPSA) is 26.0 Å². The molecule has 0 radical (unpaired) electrons. The molecule has 2 N–H and O–H groups in total. The summed E-state index contributed by atoms with van der Waals surface area (Å²) in [7, 11) is 0. The van der Waals surface area contributed by atoms with E-state index < -0.39 is 0 Å². The molecule has 1 heterocycles. The van der Waals surface area contributed by atoms with E-state index in [2.05, 4.69) is 19.2 Å². The van der Waals surface area contributed by atoms with E-state index in [1.54, 1.807) is 11.3 Å². The van der Waals surface area contributed by atoms with Crippen molar-refractivity contribution in [2.45, 2.75) is 20.3 Å². The number of nitrogens with two attached hydrogens (primary N) is 1. The van der Waals surface area contributed by atoms with E-state index in [0.29, 0.717) is 6.54 Å². The van der Waals surface area contributed by atoms with Crippen LogP contribution in [0.15, 0.2) is 11.4 Å². The average Bonchev–Trinajstić information content (AvgIpc) is 2.35. The van der Waals surface area contributed by atoms with Crippen LogP contribution in [-0.4, -0.2) is 6.54 Å². The summed E-state index contributed by atoms with van der Waals surface area (Å²) in [5.74, 6) is 0. The van der Waals surface area contributed by atoms with Crippen molar-refractivity contribution in [2.75, 3.05) is 6.54 Å². The summed E-state index contributed by atoms with van der Waals surface area (Å²) in [6, 6.07) is 2.02. The Morgan fingerprint density at radius 3 is 2.67 bits per heavy atom. The Morgan fingerprint density at radius 2 is 2.25 bits per heavy atom. The van der Waals surface area contributed by atoms with Gasteiger partial charge >= 0.3 is 0 Å². The predicted molar refractivity (Wildman–Crippen MR) is 55.9 cm³/mol. The van der Waals surface area contributed by atoms with Gasteiger partial charge in [-0.15, -0.1) is 11.3 Å². The summed E-state index contributed by atoms with van der Waals surface area (Å²) >= 11 is 7.40. The molecule has 12 heavy (non-hydrogen) atoms. The minimum atomic E-state index is 0.185. The fraction of sp³-hybridized carbons (Fsp3) is 0.556. The van der Waals surface area contributed by atoms with Gasteiger partial charge in [-0.25, -0.2) is 0 Å². The second-order valence-electron chi connectivity index (χ2n) is 3.80. The molecule has 1 aromatic heterocycles. The first-order valence-corrected chi connectivity index (χ1v) is 5.22. The van der Waals surface area contributed by atoms with Crippen molar-refractivity contribution in [1.29, 1.82) is 0 Å². The van der Waals surface area contributed by atoms with Gasteiger partial charge in [0.25, 0.3) is 0 Å². The molecule has 0 atom stereocenters. The maximum atomic E-state index is 5.82. The Hall–Kier alpha value is -0.0500. The van der Waals surface area contributed by atoms with Gasteiger partial charge in [0, 0.05) is 0 Å². The zero-order chi connectivity index (χ0) is 9.19. The van der Waals surface area contributed by atoms with E-state index in [9.17, 15) is 0 Å². The Kier molecular flexibility index (Phi) is 3.16. The molecule has 0 aromatic carbocycles. The van der Waals surface area contributed by atoms with Gasteiger partial charge in [0.1, 0.15) is 0 Å². The van der Waals surface area contributed by atoms with Gasteiger partial charge in [0.05, 0.1) is 4.34 Å². The number of hydrogen-bond acceptors (Lipinski definition) is 2. The Morgan fingerprint density at radius 1 is 1.58 bits per heavy atom. The molecular formula is C9H14ClNS. The normalized spacial score (nSPS) is 12.0. The third-order valence-electron chi connectivity index (χ3n) is 1.86. The first-order chi connectivity index (χ1) is 5.53. The van der Waals surface area contributed by atoms with Crippen LogP contribution in [0, 0.1) is 5.41 Å². The number of rotatable bonds is 3. The lowest BCUT2D eigenvalue weighted by molar-refractivity contribution is 0.377. The van der Waals surface area contributed by atoms with E-state index in [0.717, 1.165) is 10.8 Å². The Bertz CT molecular complexity index is 255. The maximum Gasteiger partial charge on any atom is 0.0931 e. The van der Waals surface area contributed by atoms with Gasteiger partial charge < -0.3 is 5.73 Å². The van der Waals surface area contributed by atoms with Crippen LogP contribution in [0.2, 0.25) is 4.34 Å². The molecule has 1 rings (SSSR count). The SMILES string of the molecule is CC(C)(CN)Cc1csc(Cl)c1. The van der Waals surface area contributed by atoms with E-state index in [1.165, 1.54) is 5.56 Å². The molecule has 0 saturated carbocycles. The Labute approximate surface area is 82.5 Å². The molecule has 0 bridgehead atoms. The fourth-order valence-corrected chi connectivity index (χ4v) is 1.97. The van der Waals surface area contributed by atoms with Crippen LogP contribution < -0.4 is 5.73 Å². The molecule has 0 aliphatic heterocycles. The first-order valence-electron chi connectivity index (χ1n) is 3.96. The lowest BCUT2D eigenvalue weighted by Crippen LogP contribution is -2.25. The third kappa shape index (κ3) is 2.77. The van der Waals surface area contributed by atoms with Crippen molar-refractivity contribution in [3.05, 3.63) is 21.3 Å². The van der Waals surface area contributed by atoms with E-state index in [4.69, 9.17) is 17.3 Å². The largest absolute Gasteiger partial charge is 0.330 e. The van der Waals surface area contributed by atoms with Crippen LogP contribution in [0.1, 0.15) is 19.4 Å². The highest BCUT2D eigenvalue weighted by Crippen LogP contribution is 2.26. The zero-order valence-electron chi connectivity index (χ0n) is 7.43. The second kappa shape index (κ2) is 3.77. The Balaban J connectivity index is 2.63. The van der Waals surface area contributed by atoms with Crippen LogP contribution in [0.5, 0.6) is 0 Å². The second-order valence-corrected chi connectivity index (χ2v) is 5.35. The molecule has 0 saturated heterocycles. The molecular weight excluding hydrogens is 190 g/mol. The molecule has 0 aliphatic carbocycles. The van der Waals surface area contributed by atoms with Gasteiger partial charge in [-0.05, 0) is 35.4 Å². The lowest BCUT2D eigenvalue weighted by atomic mass is 9.87. The molecule has 0 spiro atoms.